The van der Waals surface area contributed by atoms with Crippen molar-refractivity contribution in [3.05, 3.63) is 41.3 Å². The molecule has 5 rings (SSSR count). The first-order valence-corrected chi connectivity index (χ1v) is 11.1. The summed E-state index contributed by atoms with van der Waals surface area (Å²) in [5.41, 5.74) is 1.54. The van der Waals surface area contributed by atoms with Crippen LogP contribution in [0.3, 0.4) is 0 Å². The van der Waals surface area contributed by atoms with E-state index in [9.17, 15) is 9.18 Å². The van der Waals surface area contributed by atoms with Crippen molar-refractivity contribution in [2.24, 2.45) is 0 Å². The molecule has 2 heterocycles. The number of nitrogens with zero attached hydrogens (tertiary/aromatic N) is 4. The van der Waals surface area contributed by atoms with Gasteiger partial charge in [-0.1, -0.05) is 11.8 Å². The molecule has 144 valence electrons. The number of amides is 1. The first-order chi connectivity index (χ1) is 13.7. The zero-order valence-corrected chi connectivity index (χ0v) is 16.6. The molecule has 1 N–H and O–H groups in total. The highest BCUT2D eigenvalue weighted by Gasteiger charge is 2.36. The third-order valence-corrected chi connectivity index (χ3v) is 6.47. The number of carbonyl (C=O) groups is 1. The predicted molar refractivity (Wildman–Crippen MR) is 107 cm³/mol. The van der Waals surface area contributed by atoms with Gasteiger partial charge in [0.1, 0.15) is 11.6 Å². The molecule has 2 aromatic heterocycles. The van der Waals surface area contributed by atoms with E-state index < -0.39 is 0 Å². The quantitative estimate of drug-likeness (QED) is 0.576. The predicted octanol–water partition coefficient (Wildman–Crippen LogP) is 4.48. The Bertz CT molecular complexity index is 1010. The van der Waals surface area contributed by atoms with Gasteiger partial charge in [-0.2, -0.15) is 0 Å². The highest BCUT2D eigenvalue weighted by molar-refractivity contribution is 7.99. The summed E-state index contributed by atoms with van der Waals surface area (Å²) in [5, 5.41) is 14.7. The fourth-order valence-electron chi connectivity index (χ4n) is 3.05. The number of thiazole rings is 1. The number of thioether (sulfide) groups is 1. The molecule has 2 fully saturated rings. The van der Waals surface area contributed by atoms with E-state index in [1.807, 2.05) is 5.38 Å². The minimum atomic E-state index is -0.284. The summed E-state index contributed by atoms with van der Waals surface area (Å²) in [6.45, 7) is 0. The van der Waals surface area contributed by atoms with Crippen molar-refractivity contribution >= 4 is 34.1 Å². The Morgan fingerprint density at radius 3 is 2.71 bits per heavy atom. The van der Waals surface area contributed by atoms with Crippen LogP contribution in [0.1, 0.15) is 43.5 Å². The van der Waals surface area contributed by atoms with E-state index in [0.717, 1.165) is 22.2 Å². The monoisotopic (exact) mass is 415 g/mol. The van der Waals surface area contributed by atoms with Gasteiger partial charge in [0.05, 0.1) is 11.4 Å². The SMILES string of the molecule is O=C(CSc1nnc(C2CC2)n1C1CC1)Nc1nc(-c2ccc(F)cc2)cs1. The van der Waals surface area contributed by atoms with Crippen LogP contribution in [-0.4, -0.2) is 31.4 Å². The van der Waals surface area contributed by atoms with Gasteiger partial charge in [-0.05, 0) is 49.9 Å². The van der Waals surface area contributed by atoms with Gasteiger partial charge in [0.2, 0.25) is 5.91 Å². The Balaban J connectivity index is 1.21. The standard InChI is InChI=1S/C19H18FN5OS2/c20-13-5-3-11(4-6-13)15-9-27-18(21-15)22-16(26)10-28-19-24-23-17(12-1-2-12)25(19)14-7-8-14/h3-6,9,12,14H,1-2,7-8,10H2,(H,21,22,26). The van der Waals surface area contributed by atoms with Gasteiger partial charge in [-0.25, -0.2) is 9.37 Å². The molecule has 0 spiro atoms. The van der Waals surface area contributed by atoms with Crippen LogP contribution in [0.4, 0.5) is 9.52 Å². The van der Waals surface area contributed by atoms with Gasteiger partial charge in [0.15, 0.2) is 10.3 Å². The summed E-state index contributed by atoms with van der Waals surface area (Å²) >= 11 is 2.78. The minimum Gasteiger partial charge on any atom is -0.303 e. The fraction of sp³-hybridized carbons (Fsp3) is 0.368. The zero-order valence-electron chi connectivity index (χ0n) is 15.0. The second kappa shape index (κ2) is 7.29. The second-order valence-corrected chi connectivity index (χ2v) is 8.90. The van der Waals surface area contributed by atoms with Crippen LogP contribution in [0.15, 0.2) is 34.8 Å². The molecule has 0 bridgehead atoms. The average molecular weight is 416 g/mol. The van der Waals surface area contributed by atoms with Crippen LogP contribution in [0.25, 0.3) is 11.3 Å². The topological polar surface area (TPSA) is 72.7 Å². The third-order valence-electron chi connectivity index (χ3n) is 4.77. The Hall–Kier alpha value is -2.26. The van der Waals surface area contributed by atoms with Gasteiger partial charge in [0.25, 0.3) is 0 Å². The van der Waals surface area contributed by atoms with E-state index >= 15 is 0 Å². The first-order valence-electron chi connectivity index (χ1n) is 9.26. The Morgan fingerprint density at radius 2 is 2.00 bits per heavy atom. The molecule has 3 aromatic rings. The van der Waals surface area contributed by atoms with Gasteiger partial charge >= 0.3 is 0 Å². The van der Waals surface area contributed by atoms with Gasteiger partial charge < -0.3 is 9.88 Å². The molecule has 0 saturated heterocycles. The van der Waals surface area contributed by atoms with Crippen molar-refractivity contribution in [3.8, 4) is 11.3 Å². The smallest absolute Gasteiger partial charge is 0.236 e. The summed E-state index contributed by atoms with van der Waals surface area (Å²) in [6, 6.07) is 6.65. The van der Waals surface area contributed by atoms with Crippen molar-refractivity contribution in [2.45, 2.75) is 42.8 Å². The number of aromatic nitrogens is 4. The van der Waals surface area contributed by atoms with Crippen LogP contribution in [-0.2, 0) is 4.79 Å². The third kappa shape index (κ3) is 3.81. The molecule has 2 aliphatic carbocycles. The zero-order chi connectivity index (χ0) is 19.1. The lowest BCUT2D eigenvalue weighted by atomic mass is 10.2. The van der Waals surface area contributed by atoms with Crippen molar-refractivity contribution in [2.75, 3.05) is 11.1 Å². The molecule has 0 unspecified atom stereocenters. The van der Waals surface area contributed by atoms with E-state index in [1.165, 1.54) is 60.9 Å². The number of rotatable bonds is 7. The lowest BCUT2D eigenvalue weighted by Gasteiger charge is -2.07. The Kier molecular flexibility index (Phi) is 4.64. The van der Waals surface area contributed by atoms with Crippen LogP contribution in [0.2, 0.25) is 0 Å². The lowest BCUT2D eigenvalue weighted by Crippen LogP contribution is -2.14. The summed E-state index contributed by atoms with van der Waals surface area (Å²) < 4.78 is 15.3. The number of anilines is 1. The van der Waals surface area contributed by atoms with E-state index in [4.69, 9.17) is 0 Å². The molecule has 6 nitrogen and oxygen atoms in total. The van der Waals surface area contributed by atoms with Crippen LogP contribution in [0, 0.1) is 5.82 Å². The maximum atomic E-state index is 13.0. The summed E-state index contributed by atoms with van der Waals surface area (Å²) in [6.07, 6.45) is 4.72. The van der Waals surface area contributed by atoms with Crippen molar-refractivity contribution in [3.63, 3.8) is 0 Å². The van der Waals surface area contributed by atoms with E-state index in [2.05, 4.69) is 25.1 Å². The molecule has 9 heteroatoms. The highest BCUT2D eigenvalue weighted by Crippen LogP contribution is 2.46. The minimum absolute atomic E-state index is 0.122. The molecular weight excluding hydrogens is 397 g/mol. The van der Waals surface area contributed by atoms with Gasteiger partial charge in [0, 0.05) is 22.9 Å². The van der Waals surface area contributed by atoms with Crippen molar-refractivity contribution in [1.82, 2.24) is 19.7 Å². The molecule has 1 amide bonds. The summed E-state index contributed by atoms with van der Waals surface area (Å²) in [7, 11) is 0. The van der Waals surface area contributed by atoms with Crippen LogP contribution in [0.5, 0.6) is 0 Å². The summed E-state index contributed by atoms with van der Waals surface area (Å²) in [5.74, 6) is 1.50. The summed E-state index contributed by atoms with van der Waals surface area (Å²) in [4.78, 5) is 16.8. The Morgan fingerprint density at radius 1 is 1.21 bits per heavy atom. The molecule has 0 aliphatic heterocycles. The van der Waals surface area contributed by atoms with E-state index in [1.54, 1.807) is 12.1 Å². The molecule has 0 radical (unpaired) electrons. The van der Waals surface area contributed by atoms with Gasteiger partial charge in [-0.3, -0.25) is 4.79 Å². The molecule has 28 heavy (non-hydrogen) atoms. The number of nitrogens with one attached hydrogen (secondary N) is 1. The van der Waals surface area contributed by atoms with E-state index in [-0.39, 0.29) is 17.5 Å². The van der Waals surface area contributed by atoms with Crippen LogP contribution < -0.4 is 5.32 Å². The second-order valence-electron chi connectivity index (χ2n) is 7.10. The van der Waals surface area contributed by atoms with Crippen molar-refractivity contribution in [1.29, 1.82) is 0 Å². The number of hydrogen-bond donors (Lipinski definition) is 1. The maximum absolute atomic E-state index is 13.0. The molecule has 1 aromatic carbocycles. The first kappa shape index (κ1) is 17.8. The highest BCUT2D eigenvalue weighted by atomic mass is 32.2. The largest absolute Gasteiger partial charge is 0.303 e. The average Bonchev–Trinajstić information content (AvgIpc) is 3.63. The maximum Gasteiger partial charge on any atom is 0.236 e. The molecule has 2 saturated carbocycles. The fourth-order valence-corrected chi connectivity index (χ4v) is 4.60. The number of halogens is 1. The van der Waals surface area contributed by atoms with Crippen LogP contribution >= 0.6 is 23.1 Å². The number of carbonyl (C=O) groups excluding carboxylic acids is 1. The molecule has 0 atom stereocenters. The normalized spacial score (nSPS) is 16.3. The Labute approximate surface area is 169 Å². The molecule has 2 aliphatic rings. The van der Waals surface area contributed by atoms with E-state index in [0.29, 0.717) is 17.1 Å². The molecular formula is C19H18FN5OS2. The number of hydrogen-bond acceptors (Lipinski definition) is 6. The lowest BCUT2D eigenvalue weighted by molar-refractivity contribution is -0.113. The van der Waals surface area contributed by atoms with Gasteiger partial charge in [-0.15, -0.1) is 21.5 Å². The number of benzene rings is 1. The van der Waals surface area contributed by atoms with Crippen molar-refractivity contribution < 1.29 is 9.18 Å².